The molecule has 2 aromatic heterocycles. The van der Waals surface area contributed by atoms with E-state index in [1.54, 1.807) is 47.4 Å². The smallest absolute Gasteiger partial charge is 0.408 e. The van der Waals surface area contributed by atoms with Crippen molar-refractivity contribution >= 4 is 26.8 Å². The maximum Gasteiger partial charge on any atom is 0.417 e. The molecule has 0 aliphatic carbocycles. The number of hydrogen-bond donors (Lipinski definition) is 2. The summed E-state index contributed by atoms with van der Waals surface area (Å²) in [6, 6.07) is 12.8. The third kappa shape index (κ3) is 2.81. The standard InChI is InChI=1S/C16H12N4O4S/c21-16-18-13-7-6-11(10-15(13)24-16)25(22,23)19-12-4-1-2-5-14(12)20-9-3-8-17-20/h1-10,19H,(H,18,21). The molecule has 0 bridgehead atoms. The summed E-state index contributed by atoms with van der Waals surface area (Å²) in [5.41, 5.74) is 1.57. The normalized spacial score (nSPS) is 11.7. The molecule has 25 heavy (non-hydrogen) atoms. The van der Waals surface area contributed by atoms with Gasteiger partial charge in [-0.2, -0.15) is 5.10 Å². The molecule has 2 heterocycles. The molecule has 4 rings (SSSR count). The van der Waals surface area contributed by atoms with Crippen LogP contribution in [0.3, 0.4) is 0 Å². The minimum absolute atomic E-state index is 0.0157. The van der Waals surface area contributed by atoms with Gasteiger partial charge in [0, 0.05) is 18.5 Å². The monoisotopic (exact) mass is 356 g/mol. The molecule has 0 unspecified atom stereocenters. The molecule has 2 N–H and O–H groups in total. The molecule has 8 nitrogen and oxygen atoms in total. The molecular weight excluding hydrogens is 344 g/mol. The van der Waals surface area contributed by atoms with Crippen molar-refractivity contribution in [2.24, 2.45) is 0 Å². The summed E-state index contributed by atoms with van der Waals surface area (Å²) in [5.74, 6) is -0.637. The summed E-state index contributed by atoms with van der Waals surface area (Å²) in [6.45, 7) is 0. The van der Waals surface area contributed by atoms with Crippen LogP contribution in [0.4, 0.5) is 5.69 Å². The second-order valence-corrected chi connectivity index (χ2v) is 6.93. The Morgan fingerprint density at radius 3 is 2.76 bits per heavy atom. The average Bonchev–Trinajstić information content (AvgIpc) is 3.22. The molecule has 126 valence electrons. The lowest BCUT2D eigenvalue weighted by Crippen LogP contribution is -2.14. The molecule has 0 fully saturated rings. The molecule has 0 aliphatic heterocycles. The van der Waals surface area contributed by atoms with Crippen molar-refractivity contribution in [1.82, 2.24) is 14.8 Å². The maximum absolute atomic E-state index is 12.7. The van der Waals surface area contributed by atoms with Crippen LogP contribution in [0.25, 0.3) is 16.8 Å². The summed E-state index contributed by atoms with van der Waals surface area (Å²) in [5, 5.41) is 4.12. The lowest BCUT2D eigenvalue weighted by molar-refractivity contribution is 0.554. The third-order valence-electron chi connectivity index (χ3n) is 3.60. The van der Waals surface area contributed by atoms with Crippen molar-refractivity contribution in [2.75, 3.05) is 4.72 Å². The zero-order chi connectivity index (χ0) is 17.4. The van der Waals surface area contributed by atoms with E-state index in [2.05, 4.69) is 14.8 Å². The van der Waals surface area contributed by atoms with Crippen LogP contribution in [-0.4, -0.2) is 23.2 Å². The van der Waals surface area contributed by atoms with Crippen LogP contribution < -0.4 is 10.5 Å². The predicted molar refractivity (Wildman–Crippen MR) is 91.2 cm³/mol. The Kier molecular flexibility index (Phi) is 3.43. The fourth-order valence-electron chi connectivity index (χ4n) is 2.47. The SMILES string of the molecule is O=c1[nH]c2ccc(S(=O)(=O)Nc3ccccc3-n3cccn3)cc2o1. The molecule has 0 atom stereocenters. The Bertz CT molecular complexity index is 1210. The minimum Gasteiger partial charge on any atom is -0.408 e. The fourth-order valence-corrected chi connectivity index (χ4v) is 3.56. The van der Waals surface area contributed by atoms with E-state index in [1.807, 2.05) is 0 Å². The van der Waals surface area contributed by atoms with Crippen molar-refractivity contribution in [3.63, 3.8) is 0 Å². The number of benzene rings is 2. The van der Waals surface area contributed by atoms with Crippen LogP contribution in [0.1, 0.15) is 0 Å². The van der Waals surface area contributed by atoms with Crippen molar-refractivity contribution in [2.45, 2.75) is 4.90 Å². The predicted octanol–water partition coefficient (Wildman–Crippen LogP) is 2.11. The van der Waals surface area contributed by atoms with Crippen LogP contribution in [0.15, 0.2) is 75.0 Å². The number of fused-ring (bicyclic) bond motifs is 1. The number of H-pyrrole nitrogens is 1. The Balaban J connectivity index is 1.75. The Hall–Kier alpha value is -3.33. The van der Waals surface area contributed by atoms with E-state index in [9.17, 15) is 13.2 Å². The van der Waals surface area contributed by atoms with Crippen molar-refractivity contribution < 1.29 is 12.8 Å². The van der Waals surface area contributed by atoms with Crippen LogP contribution in [-0.2, 0) is 10.0 Å². The van der Waals surface area contributed by atoms with Gasteiger partial charge in [0.15, 0.2) is 5.58 Å². The van der Waals surface area contributed by atoms with E-state index in [-0.39, 0.29) is 10.5 Å². The van der Waals surface area contributed by atoms with Crippen molar-refractivity contribution in [3.05, 3.63) is 71.5 Å². The molecule has 0 saturated heterocycles. The van der Waals surface area contributed by atoms with Crippen molar-refractivity contribution in [3.8, 4) is 5.69 Å². The summed E-state index contributed by atoms with van der Waals surface area (Å²) in [6.07, 6.45) is 3.32. The van der Waals surface area contributed by atoms with Crippen LogP contribution in [0, 0.1) is 0 Å². The highest BCUT2D eigenvalue weighted by molar-refractivity contribution is 7.92. The molecule has 2 aromatic carbocycles. The number of rotatable bonds is 4. The Morgan fingerprint density at radius 2 is 1.96 bits per heavy atom. The second-order valence-electron chi connectivity index (χ2n) is 5.25. The first-order chi connectivity index (χ1) is 12.0. The summed E-state index contributed by atoms with van der Waals surface area (Å²) in [4.78, 5) is 13.7. The quantitative estimate of drug-likeness (QED) is 0.582. The molecule has 4 aromatic rings. The number of aromatic amines is 1. The van der Waals surface area contributed by atoms with Gasteiger partial charge in [0.25, 0.3) is 10.0 Å². The van der Waals surface area contributed by atoms with Gasteiger partial charge in [0.1, 0.15) is 0 Å². The molecule has 9 heteroatoms. The van der Waals surface area contributed by atoms with E-state index < -0.39 is 15.8 Å². The van der Waals surface area contributed by atoms with Crippen molar-refractivity contribution in [1.29, 1.82) is 0 Å². The molecule has 0 saturated carbocycles. The number of anilines is 1. The van der Waals surface area contributed by atoms with Crippen LogP contribution >= 0.6 is 0 Å². The average molecular weight is 356 g/mol. The highest BCUT2D eigenvalue weighted by atomic mass is 32.2. The number of nitrogens with zero attached hydrogens (tertiary/aromatic N) is 2. The van der Waals surface area contributed by atoms with E-state index in [1.165, 1.54) is 18.2 Å². The topological polar surface area (TPSA) is 110 Å². The molecule has 0 aliphatic rings. The lowest BCUT2D eigenvalue weighted by Gasteiger charge is -2.12. The zero-order valence-corrected chi connectivity index (χ0v) is 13.5. The lowest BCUT2D eigenvalue weighted by atomic mass is 10.3. The van der Waals surface area contributed by atoms with Gasteiger partial charge in [0.05, 0.1) is 21.8 Å². The number of oxazole rings is 1. The highest BCUT2D eigenvalue weighted by Crippen LogP contribution is 2.24. The van der Waals surface area contributed by atoms with E-state index in [0.717, 1.165) is 0 Å². The number of sulfonamides is 1. The zero-order valence-electron chi connectivity index (χ0n) is 12.7. The van der Waals surface area contributed by atoms with Crippen LogP contribution in [0.5, 0.6) is 0 Å². The van der Waals surface area contributed by atoms with Gasteiger partial charge >= 0.3 is 5.76 Å². The van der Waals surface area contributed by atoms with Gasteiger partial charge in [-0.3, -0.25) is 9.71 Å². The van der Waals surface area contributed by atoms with Gasteiger partial charge < -0.3 is 4.42 Å². The first-order valence-electron chi connectivity index (χ1n) is 7.28. The Labute approximate surface area is 141 Å². The maximum atomic E-state index is 12.7. The van der Waals surface area contributed by atoms with Gasteiger partial charge in [-0.05, 0) is 30.3 Å². The number of nitrogens with one attached hydrogen (secondary N) is 2. The fraction of sp³-hybridized carbons (Fsp3) is 0. The molecule has 0 spiro atoms. The number of hydrogen-bond acceptors (Lipinski definition) is 5. The van der Waals surface area contributed by atoms with Crippen LogP contribution in [0.2, 0.25) is 0 Å². The number of para-hydroxylation sites is 2. The largest absolute Gasteiger partial charge is 0.417 e. The first-order valence-corrected chi connectivity index (χ1v) is 8.76. The first kappa shape index (κ1) is 15.2. The van der Waals surface area contributed by atoms with Gasteiger partial charge in [-0.25, -0.2) is 17.9 Å². The third-order valence-corrected chi connectivity index (χ3v) is 4.97. The van der Waals surface area contributed by atoms with Gasteiger partial charge in [0.2, 0.25) is 0 Å². The molecular formula is C16H12N4O4S. The van der Waals surface area contributed by atoms with Gasteiger partial charge in [-0.1, -0.05) is 12.1 Å². The highest BCUT2D eigenvalue weighted by Gasteiger charge is 2.18. The molecule has 0 radical (unpaired) electrons. The van der Waals surface area contributed by atoms with E-state index in [4.69, 9.17) is 4.42 Å². The Morgan fingerprint density at radius 1 is 1.12 bits per heavy atom. The number of aromatic nitrogens is 3. The summed E-state index contributed by atoms with van der Waals surface area (Å²) >= 11 is 0. The van der Waals surface area contributed by atoms with Gasteiger partial charge in [-0.15, -0.1) is 0 Å². The van der Waals surface area contributed by atoms with E-state index in [0.29, 0.717) is 16.9 Å². The molecule has 0 amide bonds. The summed E-state index contributed by atoms with van der Waals surface area (Å²) in [7, 11) is -3.88. The van der Waals surface area contributed by atoms with E-state index >= 15 is 0 Å². The minimum atomic E-state index is -3.88. The second kappa shape index (κ2) is 5.64. The summed E-state index contributed by atoms with van der Waals surface area (Å²) < 4.78 is 34.4.